The van der Waals surface area contributed by atoms with Crippen molar-refractivity contribution in [2.24, 2.45) is 0 Å². The molecule has 148 valence electrons. The molecule has 3 aromatic rings. The van der Waals surface area contributed by atoms with E-state index in [1.54, 1.807) is 30.2 Å². The van der Waals surface area contributed by atoms with Gasteiger partial charge in [0.2, 0.25) is 17.6 Å². The van der Waals surface area contributed by atoms with Crippen molar-refractivity contribution in [3.8, 4) is 17.1 Å². The van der Waals surface area contributed by atoms with E-state index in [2.05, 4.69) is 15.5 Å². The summed E-state index contributed by atoms with van der Waals surface area (Å²) in [6.07, 6.45) is 1.38. The van der Waals surface area contributed by atoms with Gasteiger partial charge in [-0.25, -0.2) is 0 Å². The molecule has 1 N–H and O–H groups in total. The van der Waals surface area contributed by atoms with Crippen LogP contribution in [0.4, 0.5) is 5.69 Å². The van der Waals surface area contributed by atoms with E-state index in [0.717, 1.165) is 23.4 Å². The summed E-state index contributed by atoms with van der Waals surface area (Å²) in [4.78, 5) is 30.4. The van der Waals surface area contributed by atoms with Crippen LogP contribution in [0.25, 0.3) is 11.4 Å². The number of carbonyl (C=O) groups excluding carboxylic acids is 2. The van der Waals surface area contributed by atoms with Gasteiger partial charge in [-0.3, -0.25) is 9.59 Å². The highest BCUT2D eigenvalue weighted by atomic mass is 16.5. The second-order valence-corrected chi connectivity index (χ2v) is 6.62. The third kappa shape index (κ3) is 4.11. The fourth-order valence-electron chi connectivity index (χ4n) is 3.18. The lowest BCUT2D eigenvalue weighted by Gasteiger charge is -2.16. The molecule has 0 aliphatic carbocycles. The molecule has 8 nitrogen and oxygen atoms in total. The van der Waals surface area contributed by atoms with Crippen molar-refractivity contribution in [2.45, 2.75) is 19.4 Å². The number of amides is 2. The zero-order valence-electron chi connectivity index (χ0n) is 15.9. The largest absolute Gasteiger partial charge is 0.497 e. The van der Waals surface area contributed by atoms with Gasteiger partial charge in [-0.1, -0.05) is 11.2 Å². The lowest BCUT2D eigenvalue weighted by molar-refractivity contribution is -0.117. The first-order valence-electron chi connectivity index (χ1n) is 9.29. The topological polar surface area (TPSA) is 97.6 Å². The zero-order valence-corrected chi connectivity index (χ0v) is 15.9. The monoisotopic (exact) mass is 392 g/mol. The number of nitrogens with zero attached hydrogens (tertiary/aromatic N) is 3. The van der Waals surface area contributed by atoms with E-state index in [1.165, 1.54) is 0 Å². The Morgan fingerprint density at radius 2 is 2.07 bits per heavy atom. The fraction of sp³-hybridized carbons (Fsp3) is 0.238. The number of ether oxygens (including phenoxy) is 1. The quantitative estimate of drug-likeness (QED) is 0.693. The SMILES string of the molecule is COc1ccc(-c2noc(CNC(=O)c3cccc(N4CCCC4=O)c3)n2)cc1. The van der Waals surface area contributed by atoms with Gasteiger partial charge in [0, 0.05) is 29.8 Å². The summed E-state index contributed by atoms with van der Waals surface area (Å²) in [6.45, 7) is 0.787. The number of hydrogen-bond acceptors (Lipinski definition) is 6. The molecule has 0 spiro atoms. The van der Waals surface area contributed by atoms with Crippen molar-refractivity contribution < 1.29 is 18.8 Å². The zero-order chi connectivity index (χ0) is 20.2. The molecule has 1 aromatic heterocycles. The number of rotatable bonds is 6. The summed E-state index contributed by atoms with van der Waals surface area (Å²) in [5.74, 6) is 1.28. The van der Waals surface area contributed by atoms with E-state index in [4.69, 9.17) is 9.26 Å². The molecule has 2 amide bonds. The van der Waals surface area contributed by atoms with Crippen LogP contribution >= 0.6 is 0 Å². The van der Waals surface area contributed by atoms with Gasteiger partial charge in [0.05, 0.1) is 13.7 Å². The summed E-state index contributed by atoms with van der Waals surface area (Å²) in [7, 11) is 1.60. The van der Waals surface area contributed by atoms with Gasteiger partial charge in [0.15, 0.2) is 0 Å². The number of nitrogens with one attached hydrogen (secondary N) is 1. The molecule has 2 aromatic carbocycles. The molecule has 0 saturated carbocycles. The molecule has 4 rings (SSSR count). The van der Waals surface area contributed by atoms with E-state index in [-0.39, 0.29) is 18.4 Å². The van der Waals surface area contributed by atoms with Gasteiger partial charge in [-0.15, -0.1) is 0 Å². The predicted molar refractivity (Wildman–Crippen MR) is 105 cm³/mol. The van der Waals surface area contributed by atoms with Crippen LogP contribution in [-0.2, 0) is 11.3 Å². The number of carbonyl (C=O) groups is 2. The third-order valence-electron chi connectivity index (χ3n) is 4.71. The summed E-state index contributed by atoms with van der Waals surface area (Å²) in [5.41, 5.74) is 1.99. The molecule has 0 unspecified atom stereocenters. The van der Waals surface area contributed by atoms with Crippen molar-refractivity contribution in [1.82, 2.24) is 15.5 Å². The molecule has 1 fully saturated rings. The highest BCUT2D eigenvalue weighted by molar-refractivity contribution is 5.99. The number of hydrogen-bond donors (Lipinski definition) is 1. The van der Waals surface area contributed by atoms with Gasteiger partial charge in [-0.2, -0.15) is 4.98 Å². The van der Waals surface area contributed by atoms with Crippen LogP contribution in [0.15, 0.2) is 53.1 Å². The molecule has 2 heterocycles. The molecule has 0 radical (unpaired) electrons. The average Bonchev–Trinajstić information content (AvgIpc) is 3.41. The maximum Gasteiger partial charge on any atom is 0.251 e. The highest BCUT2D eigenvalue weighted by Crippen LogP contribution is 2.22. The number of anilines is 1. The molecule has 1 aliphatic heterocycles. The predicted octanol–water partition coefficient (Wildman–Crippen LogP) is 2.80. The third-order valence-corrected chi connectivity index (χ3v) is 4.71. The summed E-state index contributed by atoms with van der Waals surface area (Å²) < 4.78 is 10.4. The Labute approximate surface area is 167 Å². The Bertz CT molecular complexity index is 1030. The number of benzene rings is 2. The van der Waals surface area contributed by atoms with Gasteiger partial charge in [0.1, 0.15) is 5.75 Å². The first-order chi connectivity index (χ1) is 14.1. The van der Waals surface area contributed by atoms with E-state index < -0.39 is 0 Å². The van der Waals surface area contributed by atoms with Crippen molar-refractivity contribution in [2.75, 3.05) is 18.6 Å². The minimum absolute atomic E-state index is 0.0829. The minimum Gasteiger partial charge on any atom is -0.497 e. The molecule has 1 saturated heterocycles. The van der Waals surface area contributed by atoms with Gasteiger partial charge in [-0.05, 0) is 48.9 Å². The Morgan fingerprint density at radius 3 is 2.79 bits per heavy atom. The Hall–Kier alpha value is -3.68. The van der Waals surface area contributed by atoms with Crippen LogP contribution in [0, 0.1) is 0 Å². The van der Waals surface area contributed by atoms with Crippen molar-refractivity contribution in [3.63, 3.8) is 0 Å². The average molecular weight is 392 g/mol. The van der Waals surface area contributed by atoms with Crippen LogP contribution in [-0.4, -0.2) is 35.6 Å². The normalized spacial score (nSPS) is 13.6. The smallest absolute Gasteiger partial charge is 0.251 e. The first kappa shape index (κ1) is 18.7. The lowest BCUT2D eigenvalue weighted by atomic mass is 10.1. The van der Waals surface area contributed by atoms with Gasteiger partial charge >= 0.3 is 0 Å². The van der Waals surface area contributed by atoms with Crippen LogP contribution in [0.2, 0.25) is 0 Å². The fourth-order valence-corrected chi connectivity index (χ4v) is 3.18. The molecule has 0 bridgehead atoms. The van der Waals surface area contributed by atoms with Crippen LogP contribution in [0.3, 0.4) is 0 Å². The van der Waals surface area contributed by atoms with Crippen molar-refractivity contribution in [1.29, 1.82) is 0 Å². The standard InChI is InChI=1S/C21H20N4O4/c1-28-17-9-7-14(8-10-17)20-23-18(29-24-20)13-22-21(27)15-4-2-5-16(12-15)25-11-3-6-19(25)26/h2,4-5,7-10,12H,3,6,11,13H2,1H3,(H,22,27). The van der Waals surface area contributed by atoms with E-state index >= 15 is 0 Å². The van der Waals surface area contributed by atoms with Gasteiger partial charge in [0.25, 0.3) is 5.91 Å². The Morgan fingerprint density at radius 1 is 1.24 bits per heavy atom. The lowest BCUT2D eigenvalue weighted by Crippen LogP contribution is -2.25. The molecule has 29 heavy (non-hydrogen) atoms. The van der Waals surface area contributed by atoms with Crippen LogP contribution in [0.5, 0.6) is 5.75 Å². The second-order valence-electron chi connectivity index (χ2n) is 6.62. The van der Waals surface area contributed by atoms with Crippen LogP contribution < -0.4 is 15.0 Å². The van der Waals surface area contributed by atoms with Crippen molar-refractivity contribution >= 4 is 17.5 Å². The van der Waals surface area contributed by atoms with Gasteiger partial charge < -0.3 is 19.5 Å². The number of aromatic nitrogens is 2. The molecular formula is C21H20N4O4. The Kier molecular flexibility index (Phi) is 5.24. The van der Waals surface area contributed by atoms with E-state index in [1.807, 2.05) is 30.3 Å². The maximum absolute atomic E-state index is 12.5. The highest BCUT2D eigenvalue weighted by Gasteiger charge is 2.22. The summed E-state index contributed by atoms with van der Waals surface area (Å²) >= 11 is 0. The first-order valence-corrected chi connectivity index (χ1v) is 9.29. The van der Waals surface area contributed by atoms with E-state index in [9.17, 15) is 9.59 Å². The van der Waals surface area contributed by atoms with Crippen molar-refractivity contribution in [3.05, 3.63) is 60.0 Å². The molecule has 1 aliphatic rings. The minimum atomic E-state index is -0.275. The molecular weight excluding hydrogens is 372 g/mol. The summed E-state index contributed by atoms with van der Waals surface area (Å²) in [5, 5.41) is 6.71. The molecule has 8 heteroatoms. The molecule has 0 atom stereocenters. The Balaban J connectivity index is 1.40. The summed E-state index contributed by atoms with van der Waals surface area (Å²) in [6, 6.07) is 14.3. The maximum atomic E-state index is 12.5. The van der Waals surface area contributed by atoms with Crippen LogP contribution in [0.1, 0.15) is 29.1 Å². The second kappa shape index (κ2) is 8.14. The van der Waals surface area contributed by atoms with E-state index in [0.29, 0.717) is 30.2 Å². The number of methoxy groups -OCH3 is 1.